The van der Waals surface area contributed by atoms with Crippen LogP contribution in [0.3, 0.4) is 0 Å². The minimum absolute atomic E-state index is 0.517. The van der Waals surface area contributed by atoms with Gasteiger partial charge in [-0.15, -0.1) is 10.2 Å². The van der Waals surface area contributed by atoms with Crippen LogP contribution in [0.15, 0.2) is 0 Å². The molecule has 1 aromatic rings. The second-order valence-corrected chi connectivity index (χ2v) is 2.01. The van der Waals surface area contributed by atoms with Gasteiger partial charge in [0, 0.05) is 6.42 Å². The number of rotatable bonds is 3. The van der Waals surface area contributed by atoms with Crippen LogP contribution >= 0.6 is 0 Å². The number of aromatic nitrogens is 3. The quantitative estimate of drug-likeness (QED) is 0.410. The lowest BCUT2D eigenvalue weighted by Gasteiger charge is -1.88. The van der Waals surface area contributed by atoms with E-state index >= 15 is 0 Å². The van der Waals surface area contributed by atoms with Crippen molar-refractivity contribution in [3.8, 4) is 0 Å². The fourth-order valence-electron chi connectivity index (χ4n) is 0.711. The summed E-state index contributed by atoms with van der Waals surface area (Å²) < 4.78 is 0. The lowest BCUT2D eigenvalue weighted by atomic mass is 10.3. The highest BCUT2D eigenvalue weighted by molar-refractivity contribution is 5.19. The highest BCUT2D eigenvalue weighted by Crippen LogP contribution is 1.97. The molecule has 0 bridgehead atoms. The number of hydrogen-bond donors (Lipinski definition) is 3. The van der Waals surface area contributed by atoms with E-state index in [0.717, 1.165) is 18.7 Å². The number of anilines is 1. The van der Waals surface area contributed by atoms with E-state index in [4.69, 9.17) is 5.84 Å². The number of nitrogens with two attached hydrogens (primary N) is 1. The number of H-pyrrole nitrogens is 1. The van der Waals surface area contributed by atoms with Crippen molar-refractivity contribution in [2.45, 2.75) is 19.8 Å². The molecule has 4 N–H and O–H groups in total. The Hall–Kier alpha value is -1.10. The molecule has 0 aromatic carbocycles. The number of aryl methyl sites for hydroxylation is 1. The van der Waals surface area contributed by atoms with Crippen LogP contribution in [0, 0.1) is 0 Å². The highest BCUT2D eigenvalue weighted by atomic mass is 15.4. The maximum absolute atomic E-state index is 5.08. The van der Waals surface area contributed by atoms with Gasteiger partial charge in [-0.25, -0.2) is 5.84 Å². The smallest absolute Gasteiger partial charge is 0.236 e. The minimum atomic E-state index is 0.517. The Balaban J connectivity index is 2.59. The van der Waals surface area contributed by atoms with E-state index in [1.807, 2.05) is 0 Å². The zero-order valence-electron chi connectivity index (χ0n) is 5.89. The molecule has 1 aromatic heterocycles. The van der Waals surface area contributed by atoms with E-state index in [-0.39, 0.29) is 0 Å². The minimum Gasteiger partial charge on any atom is -0.310 e. The molecule has 0 aliphatic heterocycles. The monoisotopic (exact) mass is 141 g/mol. The molecule has 0 aliphatic carbocycles. The van der Waals surface area contributed by atoms with Gasteiger partial charge in [0.15, 0.2) is 0 Å². The molecule has 0 aliphatic rings. The van der Waals surface area contributed by atoms with Gasteiger partial charge in [0.1, 0.15) is 5.82 Å². The third kappa shape index (κ3) is 1.44. The Kier molecular flexibility index (Phi) is 2.22. The van der Waals surface area contributed by atoms with Gasteiger partial charge in [0.25, 0.3) is 0 Å². The fourth-order valence-corrected chi connectivity index (χ4v) is 0.711. The normalized spacial score (nSPS) is 9.80. The molecule has 10 heavy (non-hydrogen) atoms. The average Bonchev–Trinajstić information content (AvgIpc) is 2.37. The van der Waals surface area contributed by atoms with Crippen LogP contribution in [0.4, 0.5) is 5.95 Å². The summed E-state index contributed by atoms with van der Waals surface area (Å²) in [4.78, 5) is 2.91. The first-order valence-corrected chi connectivity index (χ1v) is 3.25. The van der Waals surface area contributed by atoms with Crippen molar-refractivity contribution in [2.75, 3.05) is 5.43 Å². The van der Waals surface area contributed by atoms with Crippen LogP contribution < -0.4 is 11.3 Å². The van der Waals surface area contributed by atoms with Gasteiger partial charge in [-0.3, -0.25) is 5.43 Å². The molecule has 0 saturated carbocycles. The summed E-state index contributed by atoms with van der Waals surface area (Å²) in [7, 11) is 0. The Morgan fingerprint density at radius 1 is 1.60 bits per heavy atom. The second-order valence-electron chi connectivity index (χ2n) is 2.01. The van der Waals surface area contributed by atoms with Crippen molar-refractivity contribution >= 4 is 5.95 Å². The van der Waals surface area contributed by atoms with Gasteiger partial charge in [-0.05, 0) is 6.42 Å². The van der Waals surface area contributed by atoms with E-state index in [0.29, 0.717) is 5.95 Å². The molecule has 5 heteroatoms. The highest BCUT2D eigenvalue weighted by Gasteiger charge is 1.97. The largest absolute Gasteiger partial charge is 0.310 e. The molecule has 0 spiro atoms. The van der Waals surface area contributed by atoms with Gasteiger partial charge in [0.2, 0.25) is 5.95 Å². The number of hydrazine groups is 1. The summed E-state index contributed by atoms with van der Waals surface area (Å²) >= 11 is 0. The van der Waals surface area contributed by atoms with E-state index < -0.39 is 0 Å². The summed E-state index contributed by atoms with van der Waals surface area (Å²) in [6, 6.07) is 0. The van der Waals surface area contributed by atoms with Crippen molar-refractivity contribution in [2.24, 2.45) is 5.84 Å². The van der Waals surface area contributed by atoms with Gasteiger partial charge < -0.3 is 4.98 Å². The Morgan fingerprint density at radius 3 is 2.90 bits per heavy atom. The van der Waals surface area contributed by atoms with E-state index in [2.05, 4.69) is 27.5 Å². The SMILES string of the molecule is CCCc1nnc(NN)[nH]1. The van der Waals surface area contributed by atoms with Gasteiger partial charge >= 0.3 is 0 Å². The molecule has 0 radical (unpaired) electrons. The van der Waals surface area contributed by atoms with E-state index in [1.165, 1.54) is 0 Å². The van der Waals surface area contributed by atoms with Crippen molar-refractivity contribution in [3.63, 3.8) is 0 Å². The number of hydrogen-bond acceptors (Lipinski definition) is 4. The molecule has 0 unspecified atom stereocenters. The van der Waals surface area contributed by atoms with E-state index in [1.54, 1.807) is 0 Å². The van der Waals surface area contributed by atoms with Crippen LogP contribution in [0.5, 0.6) is 0 Å². The molecule has 1 heterocycles. The topological polar surface area (TPSA) is 79.6 Å². The van der Waals surface area contributed by atoms with Crippen LogP contribution in [0.1, 0.15) is 19.2 Å². The number of nitrogens with one attached hydrogen (secondary N) is 2. The fraction of sp³-hybridized carbons (Fsp3) is 0.600. The first-order valence-electron chi connectivity index (χ1n) is 3.25. The summed E-state index contributed by atoms with van der Waals surface area (Å²) in [5.74, 6) is 6.46. The molecular weight excluding hydrogens is 130 g/mol. The third-order valence-corrected chi connectivity index (χ3v) is 1.16. The Bertz CT molecular complexity index is 194. The number of aromatic amines is 1. The molecule has 0 amide bonds. The zero-order valence-corrected chi connectivity index (χ0v) is 5.89. The van der Waals surface area contributed by atoms with E-state index in [9.17, 15) is 0 Å². The average molecular weight is 141 g/mol. The van der Waals surface area contributed by atoms with Gasteiger partial charge in [0.05, 0.1) is 0 Å². The number of nitrogen functional groups attached to an aromatic ring is 1. The van der Waals surface area contributed by atoms with Crippen molar-refractivity contribution in [1.29, 1.82) is 0 Å². The lowest BCUT2D eigenvalue weighted by Crippen LogP contribution is -2.08. The van der Waals surface area contributed by atoms with Crippen LogP contribution in [0.2, 0.25) is 0 Å². The van der Waals surface area contributed by atoms with Crippen molar-refractivity contribution in [1.82, 2.24) is 15.2 Å². The zero-order chi connectivity index (χ0) is 7.40. The number of nitrogens with zero attached hydrogens (tertiary/aromatic N) is 2. The summed E-state index contributed by atoms with van der Waals surface area (Å²) in [6.45, 7) is 2.08. The van der Waals surface area contributed by atoms with Crippen LogP contribution in [-0.2, 0) is 6.42 Å². The van der Waals surface area contributed by atoms with Crippen LogP contribution in [0.25, 0.3) is 0 Å². The summed E-state index contributed by atoms with van der Waals surface area (Å²) in [5.41, 5.74) is 2.38. The molecule has 0 fully saturated rings. The Labute approximate surface area is 59.0 Å². The van der Waals surface area contributed by atoms with Gasteiger partial charge in [-0.1, -0.05) is 6.92 Å². The first-order chi connectivity index (χ1) is 4.86. The second kappa shape index (κ2) is 3.17. The molecule has 0 saturated heterocycles. The molecule has 0 atom stereocenters. The predicted octanol–water partition coefficient (Wildman–Crippen LogP) is 0.0428. The molecular formula is C5H11N5. The van der Waals surface area contributed by atoms with Crippen molar-refractivity contribution < 1.29 is 0 Å². The van der Waals surface area contributed by atoms with Gasteiger partial charge in [-0.2, -0.15) is 0 Å². The standard InChI is InChI=1S/C5H11N5/c1-2-3-4-7-5(8-6)10-9-4/h2-3,6H2,1H3,(H2,7,8,9,10). The first kappa shape index (κ1) is 7.01. The summed E-state index contributed by atoms with van der Waals surface area (Å²) in [6.07, 6.45) is 1.97. The Morgan fingerprint density at radius 2 is 2.40 bits per heavy atom. The maximum atomic E-state index is 5.08. The maximum Gasteiger partial charge on any atom is 0.236 e. The lowest BCUT2D eigenvalue weighted by molar-refractivity contribution is 0.841. The predicted molar refractivity (Wildman–Crippen MR) is 38.2 cm³/mol. The van der Waals surface area contributed by atoms with Crippen LogP contribution in [-0.4, -0.2) is 15.2 Å². The molecule has 5 nitrogen and oxygen atoms in total. The third-order valence-electron chi connectivity index (χ3n) is 1.16. The molecule has 1 rings (SSSR count). The van der Waals surface area contributed by atoms with Crippen molar-refractivity contribution in [3.05, 3.63) is 5.82 Å². The molecule has 56 valence electrons. The summed E-state index contributed by atoms with van der Waals surface area (Å²) in [5, 5.41) is 7.54.